The van der Waals surface area contributed by atoms with Crippen molar-refractivity contribution in [3.8, 4) is 0 Å². The van der Waals surface area contributed by atoms with Gasteiger partial charge < -0.3 is 5.32 Å². The summed E-state index contributed by atoms with van der Waals surface area (Å²) < 4.78 is 27.3. The van der Waals surface area contributed by atoms with E-state index in [-0.39, 0.29) is 10.8 Å². The molecule has 2 N–H and O–H groups in total. The lowest BCUT2D eigenvalue weighted by Gasteiger charge is -2.07. The van der Waals surface area contributed by atoms with E-state index in [9.17, 15) is 13.2 Å². The Morgan fingerprint density at radius 2 is 2.05 bits per heavy atom. The topological polar surface area (TPSA) is 75.3 Å². The molecule has 1 aromatic heterocycles. The van der Waals surface area contributed by atoms with Gasteiger partial charge in [0.05, 0.1) is 6.54 Å². The number of benzene rings is 1. The minimum absolute atomic E-state index is 0.204. The van der Waals surface area contributed by atoms with E-state index in [0.29, 0.717) is 5.69 Å². The molecule has 1 amide bonds. The van der Waals surface area contributed by atoms with Crippen molar-refractivity contribution < 1.29 is 13.2 Å². The summed E-state index contributed by atoms with van der Waals surface area (Å²) >= 11 is 4.46. The fourth-order valence-corrected chi connectivity index (χ4v) is 4.27. The van der Waals surface area contributed by atoms with Crippen LogP contribution >= 0.6 is 27.3 Å². The molecule has 0 spiro atoms. The number of rotatable bonds is 5. The number of halogens is 1. The number of carbonyl (C=O) groups is 1. The van der Waals surface area contributed by atoms with Gasteiger partial charge in [0.2, 0.25) is 5.91 Å². The first-order chi connectivity index (χ1) is 9.87. The van der Waals surface area contributed by atoms with Gasteiger partial charge in [0.15, 0.2) is 0 Å². The molecule has 0 saturated carbocycles. The Balaban J connectivity index is 1.95. The van der Waals surface area contributed by atoms with Crippen LogP contribution in [-0.2, 0) is 14.8 Å². The molecule has 8 heteroatoms. The summed E-state index contributed by atoms with van der Waals surface area (Å²) in [5, 5.41) is 2.62. The zero-order valence-corrected chi connectivity index (χ0v) is 14.3. The fraction of sp³-hybridized carbons (Fsp3) is 0.154. The third kappa shape index (κ3) is 4.63. The third-order valence-electron chi connectivity index (χ3n) is 2.51. The highest BCUT2D eigenvalue weighted by Gasteiger charge is 2.17. The van der Waals surface area contributed by atoms with Crippen LogP contribution in [-0.4, -0.2) is 20.9 Å². The van der Waals surface area contributed by atoms with Gasteiger partial charge in [0.25, 0.3) is 10.0 Å². The second kappa shape index (κ2) is 6.69. The summed E-state index contributed by atoms with van der Waals surface area (Å²) in [5.41, 5.74) is 0.598. The average Bonchev–Trinajstić information content (AvgIpc) is 2.84. The lowest BCUT2D eigenvalue weighted by atomic mass is 10.3. The van der Waals surface area contributed by atoms with E-state index in [2.05, 4.69) is 26.0 Å². The summed E-state index contributed by atoms with van der Waals surface area (Å²) in [4.78, 5) is 12.7. The van der Waals surface area contributed by atoms with Crippen LogP contribution in [0.5, 0.6) is 0 Å². The molecule has 5 nitrogen and oxygen atoms in total. The Bertz CT molecular complexity index is 756. The lowest BCUT2D eigenvalue weighted by Crippen LogP contribution is -2.32. The van der Waals surface area contributed by atoms with Crippen molar-refractivity contribution in [2.45, 2.75) is 11.1 Å². The van der Waals surface area contributed by atoms with Crippen molar-refractivity contribution in [1.82, 2.24) is 4.72 Å². The second-order valence-corrected chi connectivity index (χ2v) is 8.45. The Kier molecular flexibility index (Phi) is 5.15. The molecule has 1 heterocycles. The predicted molar refractivity (Wildman–Crippen MR) is 87.0 cm³/mol. The molecule has 0 aliphatic heterocycles. The van der Waals surface area contributed by atoms with E-state index in [1.807, 2.05) is 13.0 Å². The van der Waals surface area contributed by atoms with Gasteiger partial charge in [0, 0.05) is 15.0 Å². The zero-order chi connectivity index (χ0) is 15.5. The predicted octanol–water partition coefficient (Wildman–Crippen LogP) is 2.74. The number of aryl methyl sites for hydroxylation is 1. The van der Waals surface area contributed by atoms with Crippen molar-refractivity contribution in [2.24, 2.45) is 0 Å². The van der Waals surface area contributed by atoms with Gasteiger partial charge >= 0.3 is 0 Å². The van der Waals surface area contributed by atoms with Crippen LogP contribution in [0.2, 0.25) is 0 Å². The van der Waals surface area contributed by atoms with Gasteiger partial charge in [-0.1, -0.05) is 22.0 Å². The normalized spacial score (nSPS) is 11.3. The summed E-state index contributed by atoms with van der Waals surface area (Å²) in [6.07, 6.45) is 0. The maximum absolute atomic E-state index is 12.0. The first kappa shape index (κ1) is 16.2. The van der Waals surface area contributed by atoms with E-state index in [0.717, 1.165) is 20.7 Å². The summed E-state index contributed by atoms with van der Waals surface area (Å²) in [5.74, 6) is -0.426. The standard InChI is InChI=1S/C13H13BrN2O3S2/c1-9-5-6-13(20-9)21(18,19)15-8-12(17)16-11-4-2-3-10(14)7-11/h2-7,15H,8H2,1H3,(H,16,17). The fourth-order valence-electron chi connectivity index (χ4n) is 1.56. The SMILES string of the molecule is Cc1ccc(S(=O)(=O)NCC(=O)Nc2cccc(Br)c2)s1. The number of amides is 1. The van der Waals surface area contributed by atoms with E-state index >= 15 is 0 Å². The number of thiophene rings is 1. The smallest absolute Gasteiger partial charge is 0.250 e. The van der Waals surface area contributed by atoms with E-state index in [4.69, 9.17) is 0 Å². The van der Waals surface area contributed by atoms with Gasteiger partial charge in [-0.05, 0) is 37.3 Å². The molecule has 0 bridgehead atoms. The molecule has 112 valence electrons. The van der Waals surface area contributed by atoms with Crippen LogP contribution < -0.4 is 10.0 Å². The monoisotopic (exact) mass is 388 g/mol. The zero-order valence-electron chi connectivity index (χ0n) is 11.1. The molecule has 0 radical (unpaired) electrons. The van der Waals surface area contributed by atoms with Crippen molar-refractivity contribution in [3.05, 3.63) is 45.7 Å². The Morgan fingerprint density at radius 3 is 2.67 bits per heavy atom. The van der Waals surface area contributed by atoms with Crippen LogP contribution in [0.25, 0.3) is 0 Å². The van der Waals surface area contributed by atoms with Crippen LogP contribution in [0.3, 0.4) is 0 Å². The molecule has 0 unspecified atom stereocenters. The molecule has 0 saturated heterocycles. The number of carbonyl (C=O) groups excluding carboxylic acids is 1. The molecule has 21 heavy (non-hydrogen) atoms. The van der Waals surface area contributed by atoms with Gasteiger partial charge in [-0.15, -0.1) is 11.3 Å². The second-order valence-electron chi connectivity index (χ2n) is 4.25. The minimum Gasteiger partial charge on any atom is -0.325 e. The van der Waals surface area contributed by atoms with Crippen LogP contribution in [0, 0.1) is 6.92 Å². The Hall–Kier alpha value is -1.22. The van der Waals surface area contributed by atoms with Gasteiger partial charge in [-0.3, -0.25) is 4.79 Å². The van der Waals surface area contributed by atoms with E-state index in [1.165, 1.54) is 6.07 Å². The van der Waals surface area contributed by atoms with Crippen molar-refractivity contribution in [2.75, 3.05) is 11.9 Å². The molecule has 1 aromatic carbocycles. The maximum atomic E-state index is 12.0. The van der Waals surface area contributed by atoms with Gasteiger partial charge in [0.1, 0.15) is 4.21 Å². The molecule has 0 atom stereocenters. The molecule has 2 rings (SSSR count). The number of nitrogens with one attached hydrogen (secondary N) is 2. The molecular weight excluding hydrogens is 376 g/mol. The first-order valence-corrected chi connectivity index (χ1v) is 9.07. The summed E-state index contributed by atoms with van der Waals surface area (Å²) in [7, 11) is -3.64. The molecule has 0 fully saturated rings. The van der Waals surface area contributed by atoms with Crippen LogP contribution in [0.4, 0.5) is 5.69 Å². The van der Waals surface area contributed by atoms with E-state index < -0.39 is 15.9 Å². The minimum atomic E-state index is -3.64. The summed E-state index contributed by atoms with van der Waals surface area (Å²) in [6, 6.07) is 10.3. The number of anilines is 1. The highest BCUT2D eigenvalue weighted by Crippen LogP contribution is 2.20. The van der Waals surface area contributed by atoms with Crippen LogP contribution in [0.15, 0.2) is 45.1 Å². The Labute approximate surface area is 135 Å². The van der Waals surface area contributed by atoms with E-state index in [1.54, 1.807) is 24.3 Å². The third-order valence-corrected chi connectivity index (χ3v) is 5.90. The maximum Gasteiger partial charge on any atom is 0.250 e. The molecule has 0 aliphatic carbocycles. The van der Waals surface area contributed by atoms with Crippen molar-refractivity contribution in [3.63, 3.8) is 0 Å². The van der Waals surface area contributed by atoms with Gasteiger partial charge in [-0.2, -0.15) is 0 Å². The largest absolute Gasteiger partial charge is 0.325 e. The quantitative estimate of drug-likeness (QED) is 0.826. The summed E-state index contributed by atoms with van der Waals surface area (Å²) in [6.45, 7) is 1.51. The highest BCUT2D eigenvalue weighted by molar-refractivity contribution is 9.10. The van der Waals surface area contributed by atoms with Gasteiger partial charge in [-0.25, -0.2) is 13.1 Å². The first-order valence-electron chi connectivity index (χ1n) is 5.98. The molecular formula is C13H13BrN2O3S2. The van der Waals surface area contributed by atoms with Crippen molar-refractivity contribution in [1.29, 1.82) is 0 Å². The van der Waals surface area contributed by atoms with Crippen LogP contribution in [0.1, 0.15) is 4.88 Å². The number of sulfonamides is 1. The lowest BCUT2D eigenvalue weighted by molar-refractivity contribution is -0.115. The molecule has 0 aliphatic rings. The molecule has 2 aromatic rings. The number of hydrogen-bond acceptors (Lipinski definition) is 4. The Morgan fingerprint density at radius 1 is 1.29 bits per heavy atom. The highest BCUT2D eigenvalue weighted by atomic mass is 79.9. The average molecular weight is 389 g/mol. The van der Waals surface area contributed by atoms with Crippen molar-refractivity contribution >= 4 is 48.9 Å². The number of hydrogen-bond donors (Lipinski definition) is 2.